The second-order valence-electron chi connectivity index (χ2n) is 5.04. The van der Waals surface area contributed by atoms with Crippen molar-refractivity contribution < 1.29 is 5.11 Å². The van der Waals surface area contributed by atoms with Crippen LogP contribution in [0.15, 0.2) is 31.0 Å². The molecule has 2 aromatic rings. The van der Waals surface area contributed by atoms with Gasteiger partial charge in [-0.1, -0.05) is 0 Å². The van der Waals surface area contributed by atoms with Gasteiger partial charge in [0, 0.05) is 26.2 Å². The van der Waals surface area contributed by atoms with Gasteiger partial charge < -0.3 is 15.3 Å². The summed E-state index contributed by atoms with van der Waals surface area (Å²) in [7, 11) is 1.93. The number of anilines is 2. The Morgan fingerprint density at radius 1 is 1.43 bits per heavy atom. The summed E-state index contributed by atoms with van der Waals surface area (Å²) in [5.41, 5.74) is 0.991. The number of nitrogens with zero attached hydrogens (tertiary/aromatic N) is 5. The van der Waals surface area contributed by atoms with Crippen molar-refractivity contribution in [3.63, 3.8) is 0 Å². The number of rotatable bonds is 8. The smallest absolute Gasteiger partial charge is 0.137 e. The number of hydrogen-bond acceptors (Lipinski definition) is 6. The molecular formula is C14H22N6O. The number of aliphatic hydroxyl groups is 1. The molecule has 0 amide bonds. The first kappa shape index (κ1) is 15.2. The molecule has 2 N–H and O–H groups in total. The van der Waals surface area contributed by atoms with Crippen LogP contribution in [0.5, 0.6) is 0 Å². The first-order valence-corrected chi connectivity index (χ1v) is 7.06. The summed E-state index contributed by atoms with van der Waals surface area (Å²) in [6.45, 7) is 3.68. The Morgan fingerprint density at radius 2 is 2.29 bits per heavy atom. The normalized spacial score (nSPS) is 12.1. The third kappa shape index (κ3) is 4.71. The highest BCUT2D eigenvalue weighted by Gasteiger charge is 2.05. The maximum atomic E-state index is 8.92. The molecular weight excluding hydrogens is 268 g/mol. The monoisotopic (exact) mass is 290 g/mol. The molecule has 0 spiro atoms. The Kier molecular flexibility index (Phi) is 5.51. The molecule has 0 bridgehead atoms. The zero-order valence-corrected chi connectivity index (χ0v) is 12.5. The molecule has 0 saturated carbocycles. The maximum Gasteiger partial charge on any atom is 0.137 e. The van der Waals surface area contributed by atoms with Gasteiger partial charge in [-0.3, -0.25) is 4.68 Å². The summed E-state index contributed by atoms with van der Waals surface area (Å²) < 4.78 is 1.82. The van der Waals surface area contributed by atoms with Crippen LogP contribution in [0, 0.1) is 0 Å². The number of nitrogens with one attached hydrogen (secondary N) is 1. The average molecular weight is 290 g/mol. The summed E-state index contributed by atoms with van der Waals surface area (Å²) in [6.07, 6.45) is 6.01. The standard InChI is InChI=1S/C14H22N6O/c1-12(5-6-20-11-15-10-17-20)18-14-4-3-13(9-16-14)19(2)7-8-21/h3-4,9-12,21H,5-8H2,1-2H3,(H,16,18). The Morgan fingerprint density at radius 3 is 2.90 bits per heavy atom. The van der Waals surface area contributed by atoms with Gasteiger partial charge in [-0.15, -0.1) is 0 Å². The zero-order chi connectivity index (χ0) is 15.1. The van der Waals surface area contributed by atoms with Crippen molar-refractivity contribution >= 4 is 11.5 Å². The van der Waals surface area contributed by atoms with Gasteiger partial charge in [0.2, 0.25) is 0 Å². The number of likely N-dealkylation sites (N-methyl/N-ethyl adjacent to an activating group) is 1. The highest BCUT2D eigenvalue weighted by atomic mass is 16.3. The SMILES string of the molecule is CC(CCn1cncn1)Nc1ccc(N(C)CCO)cn1. The molecule has 7 nitrogen and oxygen atoms in total. The number of aromatic nitrogens is 4. The van der Waals surface area contributed by atoms with E-state index in [-0.39, 0.29) is 6.61 Å². The molecule has 2 aromatic heterocycles. The Balaban J connectivity index is 1.82. The lowest BCUT2D eigenvalue weighted by molar-refractivity contribution is 0.304. The number of pyridine rings is 1. The van der Waals surface area contributed by atoms with Gasteiger partial charge >= 0.3 is 0 Å². The summed E-state index contributed by atoms with van der Waals surface area (Å²) >= 11 is 0. The lowest BCUT2D eigenvalue weighted by Crippen LogP contribution is -2.22. The number of aryl methyl sites for hydroxylation is 1. The minimum absolute atomic E-state index is 0.135. The first-order chi connectivity index (χ1) is 10.2. The molecule has 21 heavy (non-hydrogen) atoms. The van der Waals surface area contributed by atoms with Gasteiger partial charge in [-0.2, -0.15) is 5.10 Å². The Hall–Kier alpha value is -2.15. The van der Waals surface area contributed by atoms with Crippen LogP contribution < -0.4 is 10.2 Å². The van der Waals surface area contributed by atoms with E-state index in [1.165, 1.54) is 0 Å². The number of hydrogen-bond donors (Lipinski definition) is 2. The van der Waals surface area contributed by atoms with Crippen molar-refractivity contribution in [3.8, 4) is 0 Å². The molecule has 0 fully saturated rings. The minimum atomic E-state index is 0.135. The van der Waals surface area contributed by atoms with Crippen LogP contribution in [-0.4, -0.2) is 51.1 Å². The molecule has 7 heteroatoms. The summed E-state index contributed by atoms with van der Waals surface area (Å²) in [5.74, 6) is 0.849. The van der Waals surface area contributed by atoms with Crippen LogP contribution in [0.1, 0.15) is 13.3 Å². The molecule has 0 aliphatic carbocycles. The van der Waals surface area contributed by atoms with Crippen molar-refractivity contribution in [1.29, 1.82) is 0 Å². The molecule has 0 saturated heterocycles. The van der Waals surface area contributed by atoms with Gasteiger partial charge in [0.05, 0.1) is 18.5 Å². The van der Waals surface area contributed by atoms with E-state index in [1.54, 1.807) is 12.7 Å². The molecule has 1 unspecified atom stereocenters. The fraction of sp³-hybridized carbons (Fsp3) is 0.500. The van der Waals surface area contributed by atoms with E-state index in [2.05, 4.69) is 27.3 Å². The van der Waals surface area contributed by atoms with E-state index in [0.717, 1.165) is 24.5 Å². The second-order valence-corrected chi connectivity index (χ2v) is 5.04. The molecule has 0 radical (unpaired) electrons. The Labute approximate surface area is 124 Å². The lowest BCUT2D eigenvalue weighted by Gasteiger charge is -2.19. The molecule has 0 aliphatic heterocycles. The van der Waals surface area contributed by atoms with E-state index in [4.69, 9.17) is 5.11 Å². The van der Waals surface area contributed by atoms with Gasteiger partial charge in [-0.05, 0) is 25.5 Å². The highest BCUT2D eigenvalue weighted by molar-refractivity contribution is 5.49. The Bertz CT molecular complexity index is 513. The molecule has 0 aliphatic rings. The third-order valence-electron chi connectivity index (χ3n) is 3.28. The largest absolute Gasteiger partial charge is 0.395 e. The maximum absolute atomic E-state index is 8.92. The summed E-state index contributed by atoms with van der Waals surface area (Å²) in [6, 6.07) is 4.24. The first-order valence-electron chi connectivity index (χ1n) is 7.06. The van der Waals surface area contributed by atoms with Crippen LogP contribution in [0.2, 0.25) is 0 Å². The van der Waals surface area contributed by atoms with Gasteiger partial charge in [0.15, 0.2) is 0 Å². The average Bonchev–Trinajstić information content (AvgIpc) is 2.99. The van der Waals surface area contributed by atoms with Crippen molar-refractivity contribution in [2.45, 2.75) is 25.9 Å². The molecule has 1 atom stereocenters. The fourth-order valence-corrected chi connectivity index (χ4v) is 1.98. The highest BCUT2D eigenvalue weighted by Crippen LogP contribution is 2.14. The lowest BCUT2D eigenvalue weighted by atomic mass is 10.2. The van der Waals surface area contributed by atoms with E-state index < -0.39 is 0 Å². The van der Waals surface area contributed by atoms with Crippen molar-refractivity contribution in [3.05, 3.63) is 31.0 Å². The van der Waals surface area contributed by atoms with Gasteiger partial charge in [0.1, 0.15) is 18.5 Å². The molecule has 2 rings (SSSR count). The van der Waals surface area contributed by atoms with Crippen LogP contribution in [0.25, 0.3) is 0 Å². The second kappa shape index (κ2) is 7.58. The quantitative estimate of drug-likeness (QED) is 0.755. The van der Waals surface area contributed by atoms with E-state index >= 15 is 0 Å². The number of aliphatic hydroxyl groups excluding tert-OH is 1. The van der Waals surface area contributed by atoms with Gasteiger partial charge in [-0.25, -0.2) is 9.97 Å². The van der Waals surface area contributed by atoms with Gasteiger partial charge in [0.25, 0.3) is 0 Å². The predicted molar refractivity (Wildman–Crippen MR) is 82.3 cm³/mol. The molecule has 0 aromatic carbocycles. The van der Waals surface area contributed by atoms with Crippen molar-refractivity contribution in [2.75, 3.05) is 30.4 Å². The van der Waals surface area contributed by atoms with E-state index in [0.29, 0.717) is 12.6 Å². The summed E-state index contributed by atoms with van der Waals surface area (Å²) in [5, 5.41) is 16.4. The van der Waals surface area contributed by atoms with Crippen LogP contribution in [0.4, 0.5) is 11.5 Å². The van der Waals surface area contributed by atoms with Crippen molar-refractivity contribution in [2.24, 2.45) is 0 Å². The molecule has 2 heterocycles. The van der Waals surface area contributed by atoms with Crippen LogP contribution in [0.3, 0.4) is 0 Å². The van der Waals surface area contributed by atoms with Crippen molar-refractivity contribution in [1.82, 2.24) is 19.7 Å². The summed E-state index contributed by atoms with van der Waals surface area (Å²) in [4.78, 5) is 10.3. The fourth-order valence-electron chi connectivity index (χ4n) is 1.98. The minimum Gasteiger partial charge on any atom is -0.395 e. The van der Waals surface area contributed by atoms with Crippen LogP contribution in [-0.2, 0) is 6.54 Å². The van der Waals surface area contributed by atoms with Crippen LogP contribution >= 0.6 is 0 Å². The van der Waals surface area contributed by atoms with E-state index in [1.807, 2.05) is 35.0 Å². The predicted octanol–water partition coefficient (Wildman–Crippen LogP) is 0.992. The van der Waals surface area contributed by atoms with E-state index in [9.17, 15) is 0 Å². The third-order valence-corrected chi connectivity index (χ3v) is 3.28. The topological polar surface area (TPSA) is 79.1 Å². The molecule has 114 valence electrons. The zero-order valence-electron chi connectivity index (χ0n) is 12.5.